The van der Waals surface area contributed by atoms with Crippen LogP contribution in [0.4, 0.5) is 0 Å². The SMILES string of the molecule is CC1=C2C(=Cc3ccccc32)c2cc(C)ccc21. The van der Waals surface area contributed by atoms with E-state index in [9.17, 15) is 0 Å². The van der Waals surface area contributed by atoms with Crippen molar-refractivity contribution < 1.29 is 0 Å². The summed E-state index contributed by atoms with van der Waals surface area (Å²) in [6.45, 7) is 4.41. The average molecular weight is 230 g/mol. The highest BCUT2D eigenvalue weighted by Crippen LogP contribution is 2.51. The molecule has 0 heteroatoms. The number of aryl methyl sites for hydroxylation is 1. The summed E-state index contributed by atoms with van der Waals surface area (Å²) in [4.78, 5) is 0. The molecule has 0 atom stereocenters. The third-order valence-corrected chi connectivity index (χ3v) is 4.04. The van der Waals surface area contributed by atoms with Gasteiger partial charge in [-0.3, -0.25) is 0 Å². The van der Waals surface area contributed by atoms with E-state index in [4.69, 9.17) is 0 Å². The molecule has 2 aromatic rings. The van der Waals surface area contributed by atoms with Crippen LogP contribution in [0.15, 0.2) is 42.5 Å². The molecule has 18 heavy (non-hydrogen) atoms. The minimum Gasteiger partial charge on any atom is -0.0616 e. The second-order valence-corrected chi connectivity index (χ2v) is 5.19. The Morgan fingerprint density at radius 2 is 1.61 bits per heavy atom. The summed E-state index contributed by atoms with van der Waals surface area (Å²) in [6.07, 6.45) is 2.33. The van der Waals surface area contributed by atoms with E-state index in [-0.39, 0.29) is 0 Å². The van der Waals surface area contributed by atoms with Gasteiger partial charge >= 0.3 is 0 Å². The monoisotopic (exact) mass is 230 g/mol. The Balaban J connectivity index is 2.06. The third-order valence-electron chi connectivity index (χ3n) is 4.04. The van der Waals surface area contributed by atoms with Gasteiger partial charge in [-0.2, -0.15) is 0 Å². The number of benzene rings is 2. The predicted octanol–water partition coefficient (Wildman–Crippen LogP) is 4.79. The van der Waals surface area contributed by atoms with Crippen molar-refractivity contribution in [2.24, 2.45) is 0 Å². The summed E-state index contributed by atoms with van der Waals surface area (Å²) >= 11 is 0. The Morgan fingerprint density at radius 1 is 0.778 bits per heavy atom. The van der Waals surface area contributed by atoms with E-state index in [1.54, 1.807) is 0 Å². The minimum atomic E-state index is 1.33. The molecule has 2 aromatic carbocycles. The molecule has 2 aliphatic rings. The van der Waals surface area contributed by atoms with Gasteiger partial charge in [-0.25, -0.2) is 0 Å². The van der Waals surface area contributed by atoms with E-state index in [1.165, 1.54) is 44.5 Å². The van der Waals surface area contributed by atoms with Crippen molar-refractivity contribution in [3.8, 4) is 0 Å². The standard InChI is InChI=1S/C18H14/c1-11-7-8-14-12(2)18-15-6-4-3-5-13(15)10-17(18)16(14)9-11/h3-10H,1-2H3. The van der Waals surface area contributed by atoms with Crippen LogP contribution < -0.4 is 0 Å². The van der Waals surface area contributed by atoms with Gasteiger partial charge in [-0.1, -0.05) is 48.0 Å². The van der Waals surface area contributed by atoms with Crippen LogP contribution in [0.25, 0.3) is 22.8 Å². The van der Waals surface area contributed by atoms with E-state index < -0.39 is 0 Å². The summed E-state index contributed by atoms with van der Waals surface area (Å²) in [5.74, 6) is 0. The van der Waals surface area contributed by atoms with Gasteiger partial charge in [0, 0.05) is 0 Å². The maximum Gasteiger partial charge on any atom is -0.00635 e. The molecule has 0 aliphatic heterocycles. The quantitative estimate of drug-likeness (QED) is 0.610. The summed E-state index contributed by atoms with van der Waals surface area (Å²) in [7, 11) is 0. The van der Waals surface area contributed by atoms with E-state index in [0.717, 1.165) is 0 Å². The van der Waals surface area contributed by atoms with E-state index >= 15 is 0 Å². The molecule has 86 valence electrons. The Hall–Kier alpha value is -2.08. The molecule has 4 rings (SSSR count). The van der Waals surface area contributed by atoms with Gasteiger partial charge in [-0.05, 0) is 58.9 Å². The first kappa shape index (κ1) is 9.90. The third kappa shape index (κ3) is 1.10. The molecular weight excluding hydrogens is 216 g/mol. The van der Waals surface area contributed by atoms with Crippen LogP contribution in [0.5, 0.6) is 0 Å². The van der Waals surface area contributed by atoms with Crippen LogP contribution in [-0.4, -0.2) is 0 Å². The first-order chi connectivity index (χ1) is 8.75. The van der Waals surface area contributed by atoms with Crippen molar-refractivity contribution in [3.05, 3.63) is 70.3 Å². The number of rotatable bonds is 0. The predicted molar refractivity (Wildman–Crippen MR) is 78.0 cm³/mol. The van der Waals surface area contributed by atoms with E-state index in [0.29, 0.717) is 0 Å². The van der Waals surface area contributed by atoms with Crippen LogP contribution in [0.3, 0.4) is 0 Å². The number of fused-ring (bicyclic) bond motifs is 5. The fourth-order valence-electron chi connectivity index (χ4n) is 3.18. The molecule has 0 spiro atoms. The summed E-state index contributed by atoms with van der Waals surface area (Å²) in [5.41, 5.74) is 11.1. The molecule has 0 nitrogen and oxygen atoms in total. The Labute approximate surface area is 107 Å². The Kier molecular flexibility index (Phi) is 1.78. The molecule has 0 saturated heterocycles. The normalized spacial score (nSPS) is 15.3. The summed E-state index contributed by atoms with van der Waals surface area (Å²) in [5, 5.41) is 0. The molecule has 0 amide bonds. The first-order valence-corrected chi connectivity index (χ1v) is 6.39. The maximum atomic E-state index is 2.33. The van der Waals surface area contributed by atoms with Crippen molar-refractivity contribution >= 4 is 22.8 Å². The van der Waals surface area contributed by atoms with Crippen molar-refractivity contribution in [2.75, 3.05) is 0 Å². The first-order valence-electron chi connectivity index (χ1n) is 6.39. The second kappa shape index (κ2) is 3.23. The number of hydrogen-bond acceptors (Lipinski definition) is 0. The highest BCUT2D eigenvalue weighted by molar-refractivity contribution is 6.28. The lowest BCUT2D eigenvalue weighted by atomic mass is 10.0. The van der Waals surface area contributed by atoms with Crippen molar-refractivity contribution in [1.29, 1.82) is 0 Å². The lowest BCUT2D eigenvalue weighted by Crippen LogP contribution is -1.84. The molecule has 0 unspecified atom stereocenters. The van der Waals surface area contributed by atoms with Crippen LogP contribution >= 0.6 is 0 Å². The molecule has 0 fully saturated rings. The zero-order valence-corrected chi connectivity index (χ0v) is 10.6. The van der Waals surface area contributed by atoms with Crippen LogP contribution in [0.1, 0.15) is 34.7 Å². The van der Waals surface area contributed by atoms with Crippen molar-refractivity contribution in [1.82, 2.24) is 0 Å². The highest BCUT2D eigenvalue weighted by Gasteiger charge is 2.29. The fourth-order valence-corrected chi connectivity index (χ4v) is 3.18. The molecule has 2 aliphatic carbocycles. The molecule has 0 heterocycles. The summed E-state index contributed by atoms with van der Waals surface area (Å²) in [6, 6.07) is 15.5. The lowest BCUT2D eigenvalue weighted by molar-refractivity contribution is 1.44. The zero-order chi connectivity index (χ0) is 12.3. The second-order valence-electron chi connectivity index (χ2n) is 5.19. The zero-order valence-electron chi connectivity index (χ0n) is 10.6. The van der Waals surface area contributed by atoms with Gasteiger partial charge in [0.25, 0.3) is 0 Å². The molecule has 0 radical (unpaired) electrons. The largest absolute Gasteiger partial charge is 0.0616 e. The van der Waals surface area contributed by atoms with E-state index in [2.05, 4.69) is 62.4 Å². The molecule has 0 saturated carbocycles. The fraction of sp³-hybridized carbons (Fsp3) is 0.111. The molecule has 0 bridgehead atoms. The van der Waals surface area contributed by atoms with Crippen molar-refractivity contribution in [2.45, 2.75) is 13.8 Å². The van der Waals surface area contributed by atoms with Crippen LogP contribution in [0, 0.1) is 6.92 Å². The smallest absolute Gasteiger partial charge is 0.00635 e. The average Bonchev–Trinajstić information content (AvgIpc) is 2.87. The van der Waals surface area contributed by atoms with Gasteiger partial charge in [0.05, 0.1) is 0 Å². The molecule has 0 N–H and O–H groups in total. The van der Waals surface area contributed by atoms with Crippen LogP contribution in [-0.2, 0) is 0 Å². The number of allylic oxidation sites excluding steroid dienone is 3. The molecular formula is C18H14. The number of hydrogen-bond donors (Lipinski definition) is 0. The van der Waals surface area contributed by atoms with Gasteiger partial charge in [-0.15, -0.1) is 0 Å². The Morgan fingerprint density at radius 3 is 2.50 bits per heavy atom. The Bertz CT molecular complexity index is 742. The minimum absolute atomic E-state index is 1.33. The highest BCUT2D eigenvalue weighted by atomic mass is 14.3. The van der Waals surface area contributed by atoms with Gasteiger partial charge in [0.15, 0.2) is 0 Å². The topological polar surface area (TPSA) is 0 Å². The van der Waals surface area contributed by atoms with Gasteiger partial charge < -0.3 is 0 Å². The van der Waals surface area contributed by atoms with Gasteiger partial charge in [0.1, 0.15) is 0 Å². The lowest BCUT2D eigenvalue weighted by Gasteiger charge is -2.03. The van der Waals surface area contributed by atoms with Gasteiger partial charge in [0.2, 0.25) is 0 Å². The molecule has 0 aromatic heterocycles. The maximum absolute atomic E-state index is 2.33. The summed E-state index contributed by atoms with van der Waals surface area (Å²) < 4.78 is 0. The van der Waals surface area contributed by atoms with E-state index in [1.807, 2.05) is 0 Å². The van der Waals surface area contributed by atoms with Crippen LogP contribution in [0.2, 0.25) is 0 Å². The van der Waals surface area contributed by atoms with Crippen molar-refractivity contribution in [3.63, 3.8) is 0 Å².